The van der Waals surface area contributed by atoms with Gasteiger partial charge in [0.25, 0.3) is 0 Å². The Kier molecular flexibility index (Phi) is 4.39. The molecule has 0 nitrogen and oxygen atoms in total. The van der Waals surface area contributed by atoms with Crippen LogP contribution in [0, 0.1) is 23.5 Å². The first-order valence-electron chi connectivity index (χ1n) is 7.66. The normalized spacial score (nSPS) is 10.4. The van der Waals surface area contributed by atoms with Crippen molar-refractivity contribution in [1.29, 1.82) is 0 Å². The average Bonchev–Trinajstić information content (AvgIpc) is 2.56. The summed E-state index contributed by atoms with van der Waals surface area (Å²) >= 11 is 0. The summed E-state index contributed by atoms with van der Waals surface area (Å²) < 4.78 is 27.5. The molecule has 0 atom stereocenters. The highest BCUT2D eigenvalue weighted by atomic mass is 19.1. The molecule has 3 aromatic carbocycles. The van der Waals surface area contributed by atoms with E-state index in [0.29, 0.717) is 16.5 Å². The molecule has 0 spiro atoms. The highest BCUT2D eigenvalue weighted by molar-refractivity contribution is 5.85. The molecular weight excluding hydrogens is 290 g/mol. The first-order valence-corrected chi connectivity index (χ1v) is 7.66. The summed E-state index contributed by atoms with van der Waals surface area (Å²) in [5.41, 5.74) is 2.22. The van der Waals surface area contributed by atoms with Crippen molar-refractivity contribution in [3.05, 3.63) is 82.9 Å². The molecule has 23 heavy (non-hydrogen) atoms. The quantitative estimate of drug-likeness (QED) is 0.551. The van der Waals surface area contributed by atoms with Crippen molar-refractivity contribution in [2.24, 2.45) is 0 Å². The Morgan fingerprint density at radius 3 is 2.39 bits per heavy atom. The van der Waals surface area contributed by atoms with Crippen LogP contribution in [0.25, 0.3) is 10.8 Å². The number of benzene rings is 3. The number of rotatable bonds is 2. The molecule has 0 amide bonds. The Bertz CT molecular complexity index is 897. The fourth-order valence-electron chi connectivity index (χ4n) is 2.55. The van der Waals surface area contributed by atoms with Crippen molar-refractivity contribution < 1.29 is 8.78 Å². The Labute approximate surface area is 134 Å². The van der Waals surface area contributed by atoms with Crippen molar-refractivity contribution in [3.8, 4) is 11.8 Å². The lowest BCUT2D eigenvalue weighted by Crippen LogP contribution is -1.89. The van der Waals surface area contributed by atoms with E-state index in [1.807, 2.05) is 24.3 Å². The molecule has 0 radical (unpaired) electrons. The standard InChI is InChI=1S/C21H16F2/c1-2-3-16-7-13-20-18(14-16)10-9-17(21(20)23)8-4-15-5-11-19(22)12-6-15/h5-7,9-14H,2-3H2,1H3. The van der Waals surface area contributed by atoms with Gasteiger partial charge in [-0.2, -0.15) is 0 Å². The highest BCUT2D eigenvalue weighted by Crippen LogP contribution is 2.22. The molecule has 0 N–H and O–H groups in total. The average molecular weight is 306 g/mol. The fourth-order valence-corrected chi connectivity index (χ4v) is 2.55. The zero-order valence-electron chi connectivity index (χ0n) is 12.9. The third-order valence-corrected chi connectivity index (χ3v) is 3.74. The lowest BCUT2D eigenvalue weighted by molar-refractivity contribution is 0.627. The van der Waals surface area contributed by atoms with E-state index in [-0.39, 0.29) is 11.6 Å². The first kappa shape index (κ1) is 15.2. The van der Waals surface area contributed by atoms with E-state index in [2.05, 4.69) is 18.8 Å². The van der Waals surface area contributed by atoms with E-state index >= 15 is 0 Å². The van der Waals surface area contributed by atoms with E-state index in [9.17, 15) is 8.78 Å². The van der Waals surface area contributed by atoms with E-state index in [0.717, 1.165) is 18.2 Å². The SMILES string of the molecule is CCCc1ccc2c(F)c(C#Cc3ccc(F)cc3)ccc2c1. The Balaban J connectivity index is 1.98. The lowest BCUT2D eigenvalue weighted by Gasteiger charge is -2.05. The van der Waals surface area contributed by atoms with Gasteiger partial charge in [-0.1, -0.05) is 49.5 Å². The van der Waals surface area contributed by atoms with Crippen molar-refractivity contribution in [1.82, 2.24) is 0 Å². The summed E-state index contributed by atoms with van der Waals surface area (Å²) in [5, 5.41) is 1.47. The molecule has 0 bridgehead atoms. The van der Waals surface area contributed by atoms with Gasteiger partial charge >= 0.3 is 0 Å². The summed E-state index contributed by atoms with van der Waals surface area (Å²) in [7, 11) is 0. The second-order valence-electron chi connectivity index (χ2n) is 5.49. The number of hydrogen-bond donors (Lipinski definition) is 0. The van der Waals surface area contributed by atoms with Gasteiger partial charge in [0.15, 0.2) is 0 Å². The van der Waals surface area contributed by atoms with Gasteiger partial charge in [0.1, 0.15) is 11.6 Å². The van der Waals surface area contributed by atoms with Crippen LogP contribution in [0.2, 0.25) is 0 Å². The zero-order chi connectivity index (χ0) is 16.2. The van der Waals surface area contributed by atoms with Gasteiger partial charge in [-0.3, -0.25) is 0 Å². The molecule has 0 aliphatic rings. The molecule has 3 aromatic rings. The van der Waals surface area contributed by atoms with E-state index in [1.165, 1.54) is 17.7 Å². The second-order valence-corrected chi connectivity index (χ2v) is 5.49. The van der Waals surface area contributed by atoms with Crippen LogP contribution in [0.15, 0.2) is 54.6 Å². The largest absolute Gasteiger partial charge is 0.207 e. The molecule has 0 aliphatic carbocycles. The Morgan fingerprint density at radius 1 is 0.870 bits per heavy atom. The fraction of sp³-hybridized carbons (Fsp3) is 0.143. The summed E-state index contributed by atoms with van der Waals surface area (Å²) in [6.07, 6.45) is 2.05. The van der Waals surface area contributed by atoms with Crippen LogP contribution >= 0.6 is 0 Å². The van der Waals surface area contributed by atoms with Gasteiger partial charge in [0, 0.05) is 10.9 Å². The maximum atomic E-state index is 14.6. The van der Waals surface area contributed by atoms with Crippen LogP contribution in [0.3, 0.4) is 0 Å². The maximum absolute atomic E-state index is 14.6. The van der Waals surface area contributed by atoms with E-state index < -0.39 is 0 Å². The predicted octanol–water partition coefficient (Wildman–Crippen LogP) is 5.47. The van der Waals surface area contributed by atoms with Crippen LogP contribution in [-0.4, -0.2) is 0 Å². The molecule has 3 rings (SSSR count). The highest BCUT2D eigenvalue weighted by Gasteiger charge is 2.06. The maximum Gasteiger partial charge on any atom is 0.146 e. The molecule has 0 aliphatic heterocycles. The third kappa shape index (κ3) is 3.40. The van der Waals surface area contributed by atoms with Gasteiger partial charge in [-0.05, 0) is 47.7 Å². The van der Waals surface area contributed by atoms with Crippen molar-refractivity contribution >= 4 is 10.8 Å². The van der Waals surface area contributed by atoms with Crippen LogP contribution in [0.1, 0.15) is 30.0 Å². The number of fused-ring (bicyclic) bond motifs is 1. The van der Waals surface area contributed by atoms with Gasteiger partial charge < -0.3 is 0 Å². The summed E-state index contributed by atoms with van der Waals surface area (Å²) in [5.74, 6) is 5.09. The van der Waals surface area contributed by atoms with Gasteiger partial charge in [0.2, 0.25) is 0 Å². The topological polar surface area (TPSA) is 0 Å². The second kappa shape index (κ2) is 6.62. The molecule has 0 heterocycles. The van der Waals surface area contributed by atoms with Crippen LogP contribution in [0.5, 0.6) is 0 Å². The molecule has 0 fully saturated rings. The van der Waals surface area contributed by atoms with Crippen LogP contribution < -0.4 is 0 Å². The van der Waals surface area contributed by atoms with Crippen LogP contribution in [-0.2, 0) is 6.42 Å². The monoisotopic (exact) mass is 306 g/mol. The number of halogens is 2. The molecule has 0 saturated heterocycles. The smallest absolute Gasteiger partial charge is 0.146 e. The predicted molar refractivity (Wildman–Crippen MR) is 90.3 cm³/mol. The minimum Gasteiger partial charge on any atom is -0.207 e. The number of hydrogen-bond acceptors (Lipinski definition) is 0. The minimum absolute atomic E-state index is 0.305. The van der Waals surface area contributed by atoms with E-state index in [1.54, 1.807) is 18.2 Å². The molecule has 114 valence electrons. The van der Waals surface area contributed by atoms with Crippen molar-refractivity contribution in [2.75, 3.05) is 0 Å². The molecule has 2 heteroatoms. The van der Waals surface area contributed by atoms with E-state index in [4.69, 9.17) is 0 Å². The molecule has 0 aromatic heterocycles. The van der Waals surface area contributed by atoms with Crippen LogP contribution in [0.4, 0.5) is 8.78 Å². The molecule has 0 unspecified atom stereocenters. The third-order valence-electron chi connectivity index (χ3n) is 3.74. The summed E-state index contributed by atoms with van der Waals surface area (Å²) in [6.45, 7) is 2.12. The summed E-state index contributed by atoms with van der Waals surface area (Å²) in [6, 6.07) is 15.3. The molecule has 0 saturated carbocycles. The number of aryl methyl sites for hydroxylation is 1. The Hall–Kier alpha value is -2.66. The van der Waals surface area contributed by atoms with Gasteiger partial charge in [-0.15, -0.1) is 0 Å². The summed E-state index contributed by atoms with van der Waals surface area (Å²) in [4.78, 5) is 0. The van der Waals surface area contributed by atoms with Crippen molar-refractivity contribution in [3.63, 3.8) is 0 Å². The minimum atomic E-state index is -0.310. The van der Waals surface area contributed by atoms with Crippen molar-refractivity contribution in [2.45, 2.75) is 19.8 Å². The lowest BCUT2D eigenvalue weighted by atomic mass is 10.0. The Morgan fingerprint density at radius 2 is 1.65 bits per heavy atom. The van der Waals surface area contributed by atoms with Gasteiger partial charge in [-0.25, -0.2) is 8.78 Å². The molecular formula is C21H16F2. The van der Waals surface area contributed by atoms with Gasteiger partial charge in [0.05, 0.1) is 5.56 Å². The zero-order valence-corrected chi connectivity index (χ0v) is 12.9. The first-order chi connectivity index (χ1) is 11.2.